The average molecular weight is 338 g/mol. The Morgan fingerprint density at radius 2 is 2.27 bits per heavy atom. The highest BCUT2D eigenvalue weighted by Crippen LogP contribution is 2.44. The predicted octanol–water partition coefficient (Wildman–Crippen LogP) is 3.76. The number of rotatable bonds is 4. The van der Waals surface area contributed by atoms with E-state index in [1.54, 1.807) is 30.5 Å². The van der Waals surface area contributed by atoms with Crippen molar-refractivity contribution in [1.29, 1.82) is 0 Å². The van der Waals surface area contributed by atoms with E-state index in [9.17, 15) is 4.39 Å². The minimum atomic E-state index is -0.233. The molecule has 1 heterocycles. The van der Waals surface area contributed by atoms with Gasteiger partial charge in [-0.1, -0.05) is 23.7 Å². The minimum Gasteiger partial charge on any atom is -0.353 e. The molecule has 1 aromatic carbocycles. The largest absolute Gasteiger partial charge is 0.353 e. The van der Waals surface area contributed by atoms with Crippen LogP contribution in [-0.2, 0) is 6.54 Å². The molecule has 3 rings (SSSR count). The van der Waals surface area contributed by atoms with Crippen LogP contribution in [0.15, 0.2) is 40.7 Å². The topological polar surface area (TPSA) is 36.4 Å². The minimum absolute atomic E-state index is 0.106. The summed E-state index contributed by atoms with van der Waals surface area (Å²) in [6, 6.07) is 9.09. The van der Waals surface area contributed by atoms with Crippen LogP contribution >= 0.6 is 22.9 Å². The molecule has 6 heteroatoms. The molecule has 1 aromatic heterocycles. The van der Waals surface area contributed by atoms with Crippen molar-refractivity contribution in [1.82, 2.24) is 10.6 Å². The summed E-state index contributed by atoms with van der Waals surface area (Å²) in [4.78, 5) is 5.46. The third-order valence-electron chi connectivity index (χ3n) is 3.72. The highest BCUT2D eigenvalue weighted by molar-refractivity contribution is 7.09. The highest BCUT2D eigenvalue weighted by atomic mass is 35.5. The normalized spacial score (nSPS) is 20.8. The summed E-state index contributed by atoms with van der Waals surface area (Å²) >= 11 is 7.82. The fourth-order valence-corrected chi connectivity index (χ4v) is 3.44. The van der Waals surface area contributed by atoms with Crippen molar-refractivity contribution in [3.8, 4) is 0 Å². The number of halogens is 2. The van der Waals surface area contributed by atoms with E-state index in [-0.39, 0.29) is 17.8 Å². The van der Waals surface area contributed by atoms with E-state index in [4.69, 9.17) is 11.6 Å². The van der Waals surface area contributed by atoms with Crippen molar-refractivity contribution in [2.24, 2.45) is 4.99 Å². The van der Waals surface area contributed by atoms with E-state index < -0.39 is 0 Å². The fraction of sp³-hybridized carbons (Fsp3) is 0.312. The van der Waals surface area contributed by atoms with Crippen molar-refractivity contribution in [3.63, 3.8) is 0 Å². The van der Waals surface area contributed by atoms with Gasteiger partial charge in [-0.3, -0.25) is 4.99 Å². The summed E-state index contributed by atoms with van der Waals surface area (Å²) in [7, 11) is 1.73. The van der Waals surface area contributed by atoms with Crippen LogP contribution in [0.4, 0.5) is 4.39 Å². The lowest BCUT2D eigenvalue weighted by atomic mass is 10.1. The molecule has 0 radical (unpaired) electrons. The Bertz CT molecular complexity index is 652. The molecule has 2 N–H and O–H groups in total. The van der Waals surface area contributed by atoms with E-state index >= 15 is 0 Å². The third-order valence-corrected chi connectivity index (χ3v) is 4.92. The lowest BCUT2D eigenvalue weighted by molar-refractivity contribution is 0.608. The van der Waals surface area contributed by atoms with Gasteiger partial charge in [0.1, 0.15) is 5.82 Å². The second-order valence-corrected chi connectivity index (χ2v) is 6.67. The number of hydrogen-bond acceptors (Lipinski definition) is 2. The maximum absolute atomic E-state index is 13.9. The van der Waals surface area contributed by atoms with Crippen molar-refractivity contribution in [2.75, 3.05) is 7.05 Å². The first-order chi connectivity index (χ1) is 10.7. The van der Waals surface area contributed by atoms with Crippen molar-refractivity contribution >= 4 is 28.9 Å². The summed E-state index contributed by atoms with van der Waals surface area (Å²) in [6.07, 6.45) is 0.861. The molecule has 0 spiro atoms. The van der Waals surface area contributed by atoms with Gasteiger partial charge in [-0.15, -0.1) is 11.3 Å². The van der Waals surface area contributed by atoms with Crippen LogP contribution in [0.1, 0.15) is 22.8 Å². The first-order valence-electron chi connectivity index (χ1n) is 7.12. The average Bonchev–Trinajstić information content (AvgIpc) is 3.04. The molecule has 1 aliphatic rings. The van der Waals surface area contributed by atoms with Crippen LogP contribution in [0, 0.1) is 5.82 Å². The number of thiophene rings is 1. The molecule has 1 fully saturated rings. The molecule has 2 unspecified atom stereocenters. The van der Waals surface area contributed by atoms with Crippen LogP contribution < -0.4 is 10.6 Å². The second kappa shape index (κ2) is 6.67. The summed E-state index contributed by atoms with van der Waals surface area (Å²) in [5, 5.41) is 9.13. The quantitative estimate of drug-likeness (QED) is 0.658. The molecule has 1 saturated carbocycles. The number of nitrogens with zero attached hydrogens (tertiary/aromatic N) is 1. The fourth-order valence-electron chi connectivity index (χ4n) is 2.49. The second-order valence-electron chi connectivity index (χ2n) is 5.23. The molecule has 0 amide bonds. The van der Waals surface area contributed by atoms with Gasteiger partial charge >= 0.3 is 0 Å². The first-order valence-corrected chi connectivity index (χ1v) is 8.38. The molecule has 1 aliphatic carbocycles. The lowest BCUT2D eigenvalue weighted by Crippen LogP contribution is -2.38. The van der Waals surface area contributed by atoms with E-state index in [2.05, 4.69) is 21.7 Å². The first kappa shape index (κ1) is 15.3. The summed E-state index contributed by atoms with van der Waals surface area (Å²) in [5.74, 6) is 0.602. The maximum Gasteiger partial charge on any atom is 0.191 e. The van der Waals surface area contributed by atoms with Crippen LogP contribution in [0.25, 0.3) is 0 Å². The molecule has 3 nitrogen and oxygen atoms in total. The van der Waals surface area contributed by atoms with E-state index in [1.807, 2.05) is 11.4 Å². The molecule has 0 aliphatic heterocycles. The Hall–Kier alpha value is -1.59. The van der Waals surface area contributed by atoms with Gasteiger partial charge in [-0.2, -0.15) is 0 Å². The number of hydrogen-bond donors (Lipinski definition) is 2. The molecule has 0 bridgehead atoms. The maximum atomic E-state index is 13.9. The zero-order chi connectivity index (χ0) is 15.5. The van der Waals surface area contributed by atoms with E-state index in [0.29, 0.717) is 10.6 Å². The van der Waals surface area contributed by atoms with Gasteiger partial charge in [0.05, 0.1) is 6.54 Å². The number of nitrogens with one attached hydrogen (secondary N) is 2. The van der Waals surface area contributed by atoms with E-state index in [1.165, 1.54) is 10.9 Å². The molecule has 2 aromatic rings. The lowest BCUT2D eigenvalue weighted by Gasteiger charge is -2.11. The van der Waals surface area contributed by atoms with Gasteiger partial charge in [0, 0.05) is 34.5 Å². The van der Waals surface area contributed by atoms with Crippen molar-refractivity contribution < 1.29 is 4.39 Å². The molecule has 22 heavy (non-hydrogen) atoms. The van der Waals surface area contributed by atoms with Gasteiger partial charge in [0.25, 0.3) is 0 Å². The number of benzene rings is 1. The zero-order valence-electron chi connectivity index (χ0n) is 12.1. The van der Waals surface area contributed by atoms with Crippen molar-refractivity contribution in [2.45, 2.75) is 24.9 Å². The van der Waals surface area contributed by atoms with Crippen LogP contribution in [-0.4, -0.2) is 19.0 Å². The molecular weight excluding hydrogens is 321 g/mol. The summed E-state index contributed by atoms with van der Waals surface area (Å²) < 4.78 is 13.9. The highest BCUT2D eigenvalue weighted by Gasteiger charge is 2.41. The summed E-state index contributed by atoms with van der Waals surface area (Å²) in [5.41, 5.74) is 0.607. The van der Waals surface area contributed by atoms with Crippen LogP contribution in [0.3, 0.4) is 0 Å². The van der Waals surface area contributed by atoms with Gasteiger partial charge < -0.3 is 10.6 Å². The molecule has 116 valence electrons. The zero-order valence-corrected chi connectivity index (χ0v) is 13.7. The summed E-state index contributed by atoms with van der Waals surface area (Å²) in [6.45, 7) is 0.731. The standard InChI is InChI=1S/C16H17ClFN3S/c1-19-16(20-9-10-4-3-7-22-10)21-14-8-11(14)15-12(17)5-2-6-13(15)18/h2-7,11,14H,8-9H2,1H3,(H2,19,20,21). The Labute approximate surface area is 138 Å². The van der Waals surface area contributed by atoms with E-state index in [0.717, 1.165) is 18.9 Å². The monoisotopic (exact) mass is 337 g/mol. The predicted molar refractivity (Wildman–Crippen MR) is 90.2 cm³/mol. The number of aliphatic imine (C=N–C) groups is 1. The molecule has 0 saturated heterocycles. The Morgan fingerprint density at radius 1 is 1.41 bits per heavy atom. The van der Waals surface area contributed by atoms with Crippen LogP contribution in [0.2, 0.25) is 5.02 Å². The van der Waals surface area contributed by atoms with Crippen molar-refractivity contribution in [3.05, 3.63) is 57.0 Å². The smallest absolute Gasteiger partial charge is 0.191 e. The molecular formula is C16H17ClFN3S. The Morgan fingerprint density at radius 3 is 2.95 bits per heavy atom. The SMILES string of the molecule is CN=C(NCc1cccs1)NC1CC1c1c(F)cccc1Cl. The Kier molecular flexibility index (Phi) is 4.64. The number of guanidine groups is 1. The van der Waals surface area contributed by atoms with Gasteiger partial charge in [-0.25, -0.2) is 4.39 Å². The van der Waals surface area contributed by atoms with Gasteiger partial charge in [-0.05, 0) is 30.0 Å². The van der Waals surface area contributed by atoms with Gasteiger partial charge in [0.2, 0.25) is 0 Å². The van der Waals surface area contributed by atoms with Crippen LogP contribution in [0.5, 0.6) is 0 Å². The molecule has 2 atom stereocenters. The van der Waals surface area contributed by atoms with Gasteiger partial charge in [0.15, 0.2) is 5.96 Å². The Balaban J connectivity index is 1.58. The third kappa shape index (κ3) is 3.42.